The third-order valence-electron chi connectivity index (χ3n) is 6.17. The number of rotatable bonds is 15. The molecule has 30 heavy (non-hydrogen) atoms. The lowest BCUT2D eigenvalue weighted by Crippen LogP contribution is -2.42. The lowest BCUT2D eigenvalue weighted by Gasteiger charge is -2.29. The third-order valence-corrected chi connectivity index (χ3v) is 8.03. The summed E-state index contributed by atoms with van der Waals surface area (Å²) in [5.41, 5.74) is 0. The number of fused-ring (bicyclic) bond motifs is 2. The Bertz CT molecular complexity index is 596. The van der Waals surface area contributed by atoms with Gasteiger partial charge in [0.05, 0.1) is 6.54 Å². The molecule has 0 saturated carbocycles. The van der Waals surface area contributed by atoms with Gasteiger partial charge in [-0.2, -0.15) is 11.8 Å². The van der Waals surface area contributed by atoms with E-state index in [0.717, 1.165) is 38.5 Å². The van der Waals surface area contributed by atoms with E-state index in [1.807, 2.05) is 0 Å². The van der Waals surface area contributed by atoms with Gasteiger partial charge in [-0.1, -0.05) is 38.3 Å². The summed E-state index contributed by atoms with van der Waals surface area (Å²) in [6.45, 7) is 2.88. The summed E-state index contributed by atoms with van der Waals surface area (Å²) in [7, 11) is 0. The Hall–Kier alpha value is -1.50. The molecule has 2 amide bonds. The van der Waals surface area contributed by atoms with E-state index in [1.165, 1.54) is 12.8 Å². The lowest BCUT2D eigenvalue weighted by molar-refractivity contribution is -0.137. The molecule has 2 aliphatic rings. The quantitative estimate of drug-likeness (QED) is 0.266. The van der Waals surface area contributed by atoms with Gasteiger partial charge in [0.2, 0.25) is 11.8 Å². The molecule has 2 heterocycles. The first-order valence-corrected chi connectivity index (χ1v) is 12.5. The molecule has 0 aromatic carbocycles. The predicted octanol–water partition coefficient (Wildman–Crippen LogP) is 3.90. The number of nitrogens with one attached hydrogen (secondary N) is 2. The van der Waals surface area contributed by atoms with Gasteiger partial charge in [0.1, 0.15) is 0 Å². The van der Waals surface area contributed by atoms with E-state index in [0.29, 0.717) is 41.7 Å². The summed E-state index contributed by atoms with van der Waals surface area (Å²) in [5.74, 6) is 0.163. The molecule has 2 bridgehead atoms. The highest BCUT2D eigenvalue weighted by atomic mass is 32.2. The molecule has 0 aromatic heterocycles. The van der Waals surface area contributed by atoms with Crippen molar-refractivity contribution in [2.45, 2.75) is 88.1 Å². The van der Waals surface area contributed by atoms with Crippen molar-refractivity contribution in [3.63, 3.8) is 0 Å². The zero-order chi connectivity index (χ0) is 21.8. The second kappa shape index (κ2) is 13.7. The summed E-state index contributed by atoms with van der Waals surface area (Å²) in [5, 5.41) is 15.8. The van der Waals surface area contributed by atoms with Crippen LogP contribution in [0.1, 0.15) is 77.6 Å². The van der Waals surface area contributed by atoms with E-state index in [9.17, 15) is 14.4 Å². The maximum absolute atomic E-state index is 12.2. The zero-order valence-corrected chi connectivity index (χ0v) is 19.1. The number of carboxylic acid groups (broad SMARTS) is 1. The number of amides is 2. The average molecular weight is 439 g/mol. The van der Waals surface area contributed by atoms with E-state index in [-0.39, 0.29) is 24.8 Å². The zero-order valence-electron chi connectivity index (χ0n) is 18.2. The van der Waals surface area contributed by atoms with Crippen molar-refractivity contribution in [2.75, 3.05) is 13.1 Å². The summed E-state index contributed by atoms with van der Waals surface area (Å²) in [6.07, 6.45) is 14.2. The normalized spacial score (nSPS) is 25.0. The number of hydrogen-bond acceptors (Lipinski definition) is 4. The molecule has 7 heteroatoms. The third kappa shape index (κ3) is 8.70. The van der Waals surface area contributed by atoms with Gasteiger partial charge in [0.25, 0.3) is 0 Å². The first-order chi connectivity index (χ1) is 14.5. The standard InChI is InChI=1S/C23H38N2O4S/c1-2-3-4-8-11-21(26)25-16-22(27)24-15-18-17(19-13-14-20(18)30-19)10-7-5-6-9-12-23(28)29/h5,7,17-20H,2-4,6,8-16H2,1H3,(H,24,27)(H,25,26)(H,28,29)/t17-,18+,19-,20-/m1/s1. The number of carboxylic acids is 1. The number of hydrogen-bond donors (Lipinski definition) is 3. The van der Waals surface area contributed by atoms with Crippen LogP contribution in [0.4, 0.5) is 0 Å². The van der Waals surface area contributed by atoms with E-state index in [4.69, 9.17) is 5.11 Å². The van der Waals surface area contributed by atoms with E-state index in [1.54, 1.807) is 0 Å². The van der Waals surface area contributed by atoms with Crippen molar-refractivity contribution in [1.82, 2.24) is 10.6 Å². The Kier molecular flexibility index (Phi) is 11.3. The van der Waals surface area contributed by atoms with Crippen molar-refractivity contribution >= 4 is 29.5 Å². The highest BCUT2D eigenvalue weighted by Gasteiger charge is 2.47. The number of carbonyl (C=O) groups excluding carboxylic acids is 2. The molecule has 2 fully saturated rings. The van der Waals surface area contributed by atoms with E-state index in [2.05, 4.69) is 41.5 Å². The second-order valence-electron chi connectivity index (χ2n) is 8.50. The molecular formula is C23H38N2O4S. The Labute approximate surface area is 185 Å². The first kappa shape index (κ1) is 24.8. The predicted molar refractivity (Wildman–Crippen MR) is 121 cm³/mol. The fourth-order valence-electron chi connectivity index (χ4n) is 4.50. The lowest BCUT2D eigenvalue weighted by atomic mass is 9.77. The summed E-state index contributed by atoms with van der Waals surface area (Å²) in [4.78, 5) is 34.6. The molecule has 0 aromatic rings. The maximum atomic E-state index is 12.2. The number of thioether (sulfide) groups is 1. The molecule has 0 spiro atoms. The molecule has 2 saturated heterocycles. The molecule has 3 N–H and O–H groups in total. The molecular weight excluding hydrogens is 400 g/mol. The molecule has 0 radical (unpaired) electrons. The fourth-order valence-corrected chi connectivity index (χ4v) is 6.50. The SMILES string of the molecule is CCCCCCC(=O)NCC(=O)NC[C@H]1[C@@H](CC=CCCCC(=O)O)[C@H]2CC[C@H]1S2. The van der Waals surface area contributed by atoms with Crippen LogP contribution in [0.15, 0.2) is 12.2 Å². The molecule has 4 atom stereocenters. The van der Waals surface area contributed by atoms with E-state index >= 15 is 0 Å². The van der Waals surface area contributed by atoms with Crippen molar-refractivity contribution in [2.24, 2.45) is 11.8 Å². The summed E-state index contributed by atoms with van der Waals surface area (Å²) in [6, 6.07) is 0. The Morgan fingerprint density at radius 3 is 2.43 bits per heavy atom. The highest BCUT2D eigenvalue weighted by Crippen LogP contribution is 2.54. The minimum absolute atomic E-state index is 0.0392. The maximum Gasteiger partial charge on any atom is 0.303 e. The number of allylic oxidation sites excluding steroid dienone is 2. The van der Waals surface area contributed by atoms with Crippen molar-refractivity contribution in [1.29, 1.82) is 0 Å². The van der Waals surface area contributed by atoms with Gasteiger partial charge in [0, 0.05) is 29.9 Å². The summed E-state index contributed by atoms with van der Waals surface area (Å²) < 4.78 is 0. The van der Waals surface area contributed by atoms with Crippen molar-refractivity contribution in [3.05, 3.63) is 12.2 Å². The van der Waals surface area contributed by atoms with E-state index < -0.39 is 5.97 Å². The van der Waals surface area contributed by atoms with Gasteiger partial charge >= 0.3 is 5.97 Å². The van der Waals surface area contributed by atoms with Crippen LogP contribution in [0.2, 0.25) is 0 Å². The topological polar surface area (TPSA) is 95.5 Å². The van der Waals surface area contributed by atoms with Crippen LogP contribution in [-0.2, 0) is 14.4 Å². The minimum atomic E-state index is -0.739. The number of unbranched alkanes of at least 4 members (excludes halogenated alkanes) is 4. The summed E-state index contributed by atoms with van der Waals surface area (Å²) >= 11 is 2.07. The first-order valence-electron chi connectivity index (χ1n) is 11.6. The number of aliphatic carboxylic acids is 1. The Balaban J connectivity index is 1.66. The van der Waals surface area contributed by atoms with Crippen molar-refractivity contribution < 1.29 is 19.5 Å². The van der Waals surface area contributed by atoms with Crippen LogP contribution in [0.5, 0.6) is 0 Å². The molecule has 2 rings (SSSR count). The van der Waals surface area contributed by atoms with Crippen LogP contribution in [0.3, 0.4) is 0 Å². The molecule has 0 aliphatic carbocycles. The van der Waals surface area contributed by atoms with Crippen LogP contribution >= 0.6 is 11.8 Å². The second-order valence-corrected chi connectivity index (χ2v) is 9.99. The number of carbonyl (C=O) groups is 3. The largest absolute Gasteiger partial charge is 0.481 e. The van der Waals surface area contributed by atoms with Crippen LogP contribution in [0.25, 0.3) is 0 Å². The van der Waals surface area contributed by atoms with Gasteiger partial charge in [0.15, 0.2) is 0 Å². The molecule has 2 aliphatic heterocycles. The van der Waals surface area contributed by atoms with Crippen LogP contribution in [0, 0.1) is 11.8 Å². The Morgan fingerprint density at radius 2 is 1.70 bits per heavy atom. The highest BCUT2D eigenvalue weighted by molar-refractivity contribution is 8.01. The van der Waals surface area contributed by atoms with Gasteiger partial charge in [-0.05, 0) is 50.4 Å². The Morgan fingerprint density at radius 1 is 0.933 bits per heavy atom. The molecule has 0 unspecified atom stereocenters. The van der Waals surface area contributed by atoms with Crippen molar-refractivity contribution in [3.8, 4) is 0 Å². The van der Waals surface area contributed by atoms with Gasteiger partial charge < -0.3 is 15.7 Å². The smallest absolute Gasteiger partial charge is 0.303 e. The average Bonchev–Trinajstić information content (AvgIpc) is 3.32. The van der Waals surface area contributed by atoms with Gasteiger partial charge in [-0.15, -0.1) is 0 Å². The van der Waals surface area contributed by atoms with Gasteiger partial charge in [-0.3, -0.25) is 14.4 Å². The fraction of sp³-hybridized carbons (Fsp3) is 0.783. The monoisotopic (exact) mass is 438 g/mol. The van der Waals surface area contributed by atoms with Crippen LogP contribution in [-0.4, -0.2) is 46.5 Å². The van der Waals surface area contributed by atoms with Crippen LogP contribution < -0.4 is 10.6 Å². The minimum Gasteiger partial charge on any atom is -0.481 e. The molecule has 170 valence electrons. The van der Waals surface area contributed by atoms with Gasteiger partial charge in [-0.25, -0.2) is 0 Å². The molecule has 6 nitrogen and oxygen atoms in total.